The number of methoxy groups -OCH3 is 1. The van der Waals surface area contributed by atoms with E-state index in [-0.39, 0.29) is 12.0 Å². The Morgan fingerprint density at radius 1 is 1.53 bits per heavy atom. The van der Waals surface area contributed by atoms with Gasteiger partial charge in [-0.25, -0.2) is 0 Å². The summed E-state index contributed by atoms with van der Waals surface area (Å²) in [7, 11) is 1.77. The molecule has 0 spiro atoms. The van der Waals surface area contributed by atoms with Crippen LogP contribution in [-0.4, -0.2) is 50.0 Å². The molecule has 2 atom stereocenters. The molecule has 0 bridgehead atoms. The van der Waals surface area contributed by atoms with Crippen LogP contribution in [0, 0.1) is 11.3 Å². The summed E-state index contributed by atoms with van der Waals surface area (Å²) in [5.74, 6) is 0.690. The molecule has 0 aromatic rings. The van der Waals surface area contributed by atoms with Gasteiger partial charge in [0, 0.05) is 32.2 Å². The lowest BCUT2D eigenvalue weighted by molar-refractivity contribution is 0.0893. The van der Waals surface area contributed by atoms with E-state index in [1.807, 2.05) is 0 Å². The molecule has 0 aromatic carbocycles. The normalized spacial score (nSPS) is 26.8. The molecule has 1 aliphatic rings. The minimum atomic E-state index is 0.0714. The zero-order valence-electron chi connectivity index (χ0n) is 10.3. The number of likely N-dealkylation sites (tertiary alicyclic amines) is 1. The fourth-order valence-corrected chi connectivity index (χ4v) is 2.24. The molecular formula is C12H25NO2. The number of hydrogen-bond acceptors (Lipinski definition) is 3. The molecule has 0 aromatic heterocycles. The first-order valence-corrected chi connectivity index (χ1v) is 5.95. The highest BCUT2D eigenvalue weighted by Gasteiger charge is 2.29. The number of aliphatic hydroxyl groups is 1. The molecule has 3 nitrogen and oxygen atoms in total. The largest absolute Gasteiger partial charge is 0.396 e. The third-order valence-electron chi connectivity index (χ3n) is 3.61. The zero-order chi connectivity index (χ0) is 11.3. The van der Waals surface area contributed by atoms with Crippen molar-refractivity contribution >= 4 is 0 Å². The predicted octanol–water partition coefficient (Wildman–Crippen LogP) is 1.36. The lowest BCUT2D eigenvalue weighted by Crippen LogP contribution is -2.37. The first-order valence-electron chi connectivity index (χ1n) is 5.95. The molecule has 2 unspecified atom stereocenters. The van der Waals surface area contributed by atoms with Crippen LogP contribution in [0.25, 0.3) is 0 Å². The summed E-state index contributed by atoms with van der Waals surface area (Å²) in [6.45, 7) is 8.77. The van der Waals surface area contributed by atoms with Crippen molar-refractivity contribution in [3.63, 3.8) is 0 Å². The Labute approximate surface area is 93.4 Å². The molecule has 1 saturated heterocycles. The molecule has 0 aliphatic carbocycles. The van der Waals surface area contributed by atoms with E-state index in [0.29, 0.717) is 5.92 Å². The summed E-state index contributed by atoms with van der Waals surface area (Å²) in [6, 6.07) is 0. The molecule has 1 heterocycles. The van der Waals surface area contributed by atoms with Gasteiger partial charge in [-0.2, -0.15) is 0 Å². The Bertz CT molecular complexity index is 180. The summed E-state index contributed by atoms with van der Waals surface area (Å²) in [5.41, 5.74) is 0.0714. The standard InChI is InChI=1S/C12H25NO2/c1-4-12(2,10-14)9-13-6-5-11(7-13)8-15-3/h11,14H,4-10H2,1-3H3. The summed E-state index contributed by atoms with van der Waals surface area (Å²) in [4.78, 5) is 2.46. The summed E-state index contributed by atoms with van der Waals surface area (Å²) in [5, 5.41) is 9.36. The van der Waals surface area contributed by atoms with Crippen LogP contribution in [-0.2, 0) is 4.74 Å². The summed E-state index contributed by atoms with van der Waals surface area (Å²) in [6.07, 6.45) is 2.27. The Hall–Kier alpha value is -0.120. The van der Waals surface area contributed by atoms with Crippen LogP contribution in [0.3, 0.4) is 0 Å². The zero-order valence-corrected chi connectivity index (χ0v) is 10.3. The smallest absolute Gasteiger partial charge is 0.0503 e. The van der Waals surface area contributed by atoms with Crippen LogP contribution >= 0.6 is 0 Å². The second kappa shape index (κ2) is 5.83. The van der Waals surface area contributed by atoms with E-state index in [2.05, 4.69) is 18.7 Å². The minimum absolute atomic E-state index is 0.0714. The van der Waals surface area contributed by atoms with E-state index in [0.717, 1.165) is 32.7 Å². The lowest BCUT2D eigenvalue weighted by atomic mass is 9.88. The Balaban J connectivity index is 2.34. The second-order valence-electron chi connectivity index (χ2n) is 5.17. The molecule has 0 saturated carbocycles. The molecule has 3 heteroatoms. The summed E-state index contributed by atoms with van der Waals surface area (Å²) >= 11 is 0. The van der Waals surface area contributed by atoms with Gasteiger partial charge in [0.25, 0.3) is 0 Å². The van der Waals surface area contributed by atoms with E-state index in [1.54, 1.807) is 7.11 Å². The van der Waals surface area contributed by atoms with E-state index in [4.69, 9.17) is 4.74 Å². The molecule has 1 fully saturated rings. The Morgan fingerprint density at radius 2 is 2.27 bits per heavy atom. The van der Waals surface area contributed by atoms with Crippen molar-refractivity contribution in [2.75, 3.05) is 40.0 Å². The van der Waals surface area contributed by atoms with Crippen molar-refractivity contribution in [3.05, 3.63) is 0 Å². The van der Waals surface area contributed by atoms with Crippen LogP contribution in [0.5, 0.6) is 0 Å². The second-order valence-corrected chi connectivity index (χ2v) is 5.17. The molecule has 1 N–H and O–H groups in total. The molecule has 1 aliphatic heterocycles. The average Bonchev–Trinajstić information content (AvgIpc) is 2.66. The fourth-order valence-electron chi connectivity index (χ4n) is 2.24. The third-order valence-corrected chi connectivity index (χ3v) is 3.61. The number of nitrogens with zero attached hydrogens (tertiary/aromatic N) is 1. The van der Waals surface area contributed by atoms with Gasteiger partial charge >= 0.3 is 0 Å². The van der Waals surface area contributed by atoms with Crippen LogP contribution in [0.15, 0.2) is 0 Å². The van der Waals surface area contributed by atoms with E-state index < -0.39 is 0 Å². The molecule has 1 rings (SSSR count). The monoisotopic (exact) mass is 215 g/mol. The molecule has 90 valence electrons. The Kier molecular flexibility index (Phi) is 5.03. The van der Waals surface area contributed by atoms with Gasteiger partial charge in [-0.1, -0.05) is 13.8 Å². The number of aliphatic hydroxyl groups excluding tert-OH is 1. The third kappa shape index (κ3) is 3.74. The maximum absolute atomic E-state index is 9.36. The van der Waals surface area contributed by atoms with Gasteiger partial charge in [-0.3, -0.25) is 0 Å². The van der Waals surface area contributed by atoms with Crippen molar-refractivity contribution in [1.29, 1.82) is 0 Å². The van der Waals surface area contributed by atoms with Gasteiger partial charge < -0.3 is 14.7 Å². The summed E-state index contributed by atoms with van der Waals surface area (Å²) < 4.78 is 5.18. The van der Waals surface area contributed by atoms with Gasteiger partial charge in [0.1, 0.15) is 0 Å². The molecule has 0 radical (unpaired) electrons. The van der Waals surface area contributed by atoms with E-state index in [9.17, 15) is 5.11 Å². The molecule has 0 amide bonds. The minimum Gasteiger partial charge on any atom is -0.396 e. The molecular weight excluding hydrogens is 190 g/mol. The highest BCUT2D eigenvalue weighted by Crippen LogP contribution is 2.25. The van der Waals surface area contributed by atoms with Gasteiger partial charge in [0.2, 0.25) is 0 Å². The van der Waals surface area contributed by atoms with Crippen molar-refractivity contribution in [2.45, 2.75) is 26.7 Å². The van der Waals surface area contributed by atoms with Crippen molar-refractivity contribution in [1.82, 2.24) is 4.90 Å². The highest BCUT2D eigenvalue weighted by molar-refractivity contribution is 4.82. The SMILES string of the molecule is CCC(C)(CO)CN1CCC(COC)C1. The van der Waals surface area contributed by atoms with Gasteiger partial charge in [0.15, 0.2) is 0 Å². The van der Waals surface area contributed by atoms with Gasteiger partial charge in [0.05, 0.1) is 6.61 Å². The van der Waals surface area contributed by atoms with E-state index >= 15 is 0 Å². The van der Waals surface area contributed by atoms with Crippen LogP contribution in [0.4, 0.5) is 0 Å². The highest BCUT2D eigenvalue weighted by atomic mass is 16.5. The van der Waals surface area contributed by atoms with Gasteiger partial charge in [-0.15, -0.1) is 0 Å². The van der Waals surface area contributed by atoms with Crippen LogP contribution in [0.1, 0.15) is 26.7 Å². The van der Waals surface area contributed by atoms with E-state index in [1.165, 1.54) is 6.42 Å². The van der Waals surface area contributed by atoms with Crippen LogP contribution < -0.4 is 0 Å². The van der Waals surface area contributed by atoms with Crippen LogP contribution in [0.2, 0.25) is 0 Å². The van der Waals surface area contributed by atoms with Crippen molar-refractivity contribution < 1.29 is 9.84 Å². The first kappa shape index (κ1) is 12.9. The Morgan fingerprint density at radius 3 is 2.80 bits per heavy atom. The lowest BCUT2D eigenvalue weighted by Gasteiger charge is -2.31. The maximum atomic E-state index is 9.36. The molecule has 15 heavy (non-hydrogen) atoms. The van der Waals surface area contributed by atoms with Crippen molar-refractivity contribution in [2.24, 2.45) is 11.3 Å². The fraction of sp³-hybridized carbons (Fsp3) is 1.00. The maximum Gasteiger partial charge on any atom is 0.0503 e. The number of ether oxygens (including phenoxy) is 1. The predicted molar refractivity (Wildman–Crippen MR) is 61.9 cm³/mol. The quantitative estimate of drug-likeness (QED) is 0.726. The number of rotatable bonds is 6. The van der Waals surface area contributed by atoms with Crippen molar-refractivity contribution in [3.8, 4) is 0 Å². The van der Waals surface area contributed by atoms with Gasteiger partial charge in [-0.05, 0) is 25.3 Å². The number of hydrogen-bond donors (Lipinski definition) is 1. The first-order chi connectivity index (χ1) is 7.13. The topological polar surface area (TPSA) is 32.7 Å². The average molecular weight is 215 g/mol.